The molecular weight excluding hydrogens is 428 g/mol. The number of carboxylic acids is 1. The van der Waals surface area contributed by atoms with Crippen LogP contribution in [0.2, 0.25) is 0 Å². The van der Waals surface area contributed by atoms with E-state index in [1.807, 2.05) is 0 Å². The molecule has 0 aliphatic carbocycles. The minimum absolute atomic E-state index is 0.174. The van der Waals surface area contributed by atoms with Crippen LogP contribution < -0.4 is 10.1 Å². The highest BCUT2D eigenvalue weighted by atomic mass is 32.2. The molecule has 1 aromatic heterocycles. The fourth-order valence-corrected chi connectivity index (χ4v) is 4.06. The third-order valence-corrected chi connectivity index (χ3v) is 6.19. The van der Waals surface area contributed by atoms with Crippen molar-refractivity contribution in [1.29, 1.82) is 0 Å². The van der Waals surface area contributed by atoms with Crippen LogP contribution in [0.15, 0.2) is 34.5 Å². The summed E-state index contributed by atoms with van der Waals surface area (Å²) in [6.45, 7) is 2.10. The van der Waals surface area contributed by atoms with Gasteiger partial charge < -0.3 is 9.84 Å². The summed E-state index contributed by atoms with van der Waals surface area (Å²) in [7, 11) is -3.32. The number of hydrogen-bond acceptors (Lipinski definition) is 7. The van der Waals surface area contributed by atoms with E-state index in [4.69, 9.17) is 9.84 Å². The summed E-state index contributed by atoms with van der Waals surface area (Å²) in [5.74, 6) is -0.980. The number of thiazole rings is 1. The molecule has 1 unspecified atom stereocenters. The number of nitrogens with zero attached hydrogens (tertiary/aromatic N) is 1. The van der Waals surface area contributed by atoms with Gasteiger partial charge in [-0.3, -0.25) is 14.9 Å². The van der Waals surface area contributed by atoms with E-state index in [1.54, 1.807) is 5.38 Å². The number of nitrogens with one attached hydrogen (secondary N) is 1. The van der Waals surface area contributed by atoms with E-state index < -0.39 is 21.9 Å². The maximum atomic E-state index is 12.8. The average Bonchev–Trinajstić information content (AvgIpc) is 3.09. The normalized spacial score (nSPS) is 12.3. The van der Waals surface area contributed by atoms with Gasteiger partial charge in [0.2, 0.25) is 0 Å². The van der Waals surface area contributed by atoms with Gasteiger partial charge in [-0.25, -0.2) is 13.4 Å². The van der Waals surface area contributed by atoms with Gasteiger partial charge in [-0.05, 0) is 37.1 Å². The molecular formula is C20H26N2O6S2. The molecule has 2 rings (SSSR count). The highest BCUT2D eigenvalue weighted by Crippen LogP contribution is 2.21. The Kier molecular flexibility index (Phi) is 8.79. The summed E-state index contributed by atoms with van der Waals surface area (Å²) in [4.78, 5) is 27.8. The predicted molar refractivity (Wildman–Crippen MR) is 115 cm³/mol. The fourth-order valence-electron chi connectivity index (χ4n) is 2.72. The SMILES string of the molecule is CCCCCCC(Oc1ccc(S(C)(=O)=O)cc1)C(=O)Nc1nc(CC(=O)O)cs1. The number of carbonyl (C=O) groups excluding carboxylic acids is 1. The number of carboxylic acid groups (broad SMARTS) is 1. The smallest absolute Gasteiger partial charge is 0.309 e. The van der Waals surface area contributed by atoms with Crippen molar-refractivity contribution in [3.63, 3.8) is 0 Å². The molecule has 0 saturated heterocycles. The molecule has 0 fully saturated rings. The van der Waals surface area contributed by atoms with Gasteiger partial charge in [0.1, 0.15) is 5.75 Å². The summed E-state index contributed by atoms with van der Waals surface area (Å²) >= 11 is 1.15. The van der Waals surface area contributed by atoms with E-state index in [0.29, 0.717) is 23.0 Å². The molecule has 0 bridgehead atoms. The highest BCUT2D eigenvalue weighted by Gasteiger charge is 2.22. The van der Waals surface area contributed by atoms with Crippen molar-refractivity contribution in [2.45, 2.75) is 56.4 Å². The van der Waals surface area contributed by atoms with Gasteiger partial charge >= 0.3 is 5.97 Å². The maximum Gasteiger partial charge on any atom is 0.309 e. The number of amides is 1. The molecule has 8 nitrogen and oxygen atoms in total. The predicted octanol–water partition coefficient (Wildman–Crippen LogP) is 3.53. The number of aromatic nitrogens is 1. The third kappa shape index (κ3) is 7.75. The van der Waals surface area contributed by atoms with E-state index in [1.165, 1.54) is 24.3 Å². The average molecular weight is 455 g/mol. The quantitative estimate of drug-likeness (QED) is 0.470. The van der Waals surface area contributed by atoms with Crippen LogP contribution in [0.1, 0.15) is 44.7 Å². The van der Waals surface area contributed by atoms with Gasteiger partial charge in [0.15, 0.2) is 21.1 Å². The van der Waals surface area contributed by atoms with Crippen molar-refractivity contribution in [2.24, 2.45) is 0 Å². The molecule has 0 aliphatic heterocycles. The van der Waals surface area contributed by atoms with Crippen molar-refractivity contribution >= 4 is 38.2 Å². The lowest BCUT2D eigenvalue weighted by Gasteiger charge is -2.18. The maximum absolute atomic E-state index is 12.8. The van der Waals surface area contributed by atoms with Crippen molar-refractivity contribution in [2.75, 3.05) is 11.6 Å². The Morgan fingerprint density at radius 3 is 2.50 bits per heavy atom. The number of sulfone groups is 1. The Morgan fingerprint density at radius 1 is 1.20 bits per heavy atom. The first-order valence-electron chi connectivity index (χ1n) is 9.63. The monoisotopic (exact) mass is 454 g/mol. The Bertz CT molecular complexity index is 954. The zero-order valence-corrected chi connectivity index (χ0v) is 18.6. The number of benzene rings is 1. The van der Waals surface area contributed by atoms with Crippen LogP contribution in [0, 0.1) is 0 Å². The Morgan fingerprint density at radius 2 is 1.90 bits per heavy atom. The fraction of sp³-hybridized carbons (Fsp3) is 0.450. The van der Waals surface area contributed by atoms with E-state index in [9.17, 15) is 18.0 Å². The van der Waals surface area contributed by atoms with Crippen LogP contribution in [0.4, 0.5) is 5.13 Å². The molecule has 1 heterocycles. The number of anilines is 1. The molecule has 30 heavy (non-hydrogen) atoms. The number of aliphatic carboxylic acids is 1. The highest BCUT2D eigenvalue weighted by molar-refractivity contribution is 7.90. The van der Waals surface area contributed by atoms with Gasteiger partial charge in [0.05, 0.1) is 17.0 Å². The van der Waals surface area contributed by atoms with Crippen molar-refractivity contribution in [1.82, 2.24) is 4.98 Å². The standard InChI is InChI=1S/C20H26N2O6S2/c1-3-4-5-6-7-17(28-15-8-10-16(11-9-15)30(2,26)27)19(25)22-20-21-14(13-29-20)12-18(23)24/h8-11,13,17H,3-7,12H2,1-2H3,(H,23,24)(H,21,22,25). The Labute approximate surface area is 180 Å². The molecule has 0 saturated carbocycles. The largest absolute Gasteiger partial charge is 0.481 e. The molecule has 0 radical (unpaired) electrons. The number of ether oxygens (including phenoxy) is 1. The van der Waals surface area contributed by atoms with E-state index in [-0.39, 0.29) is 17.2 Å². The second kappa shape index (κ2) is 11.1. The summed E-state index contributed by atoms with van der Waals surface area (Å²) in [5.41, 5.74) is 0.375. The number of hydrogen-bond donors (Lipinski definition) is 2. The lowest BCUT2D eigenvalue weighted by Crippen LogP contribution is -2.33. The van der Waals surface area contributed by atoms with Crippen LogP contribution in [0.5, 0.6) is 5.75 Å². The minimum atomic E-state index is -3.32. The molecule has 1 amide bonds. The second-order valence-electron chi connectivity index (χ2n) is 6.90. The van der Waals surface area contributed by atoms with Gasteiger partial charge in [0, 0.05) is 11.6 Å². The van der Waals surface area contributed by atoms with E-state index in [0.717, 1.165) is 43.3 Å². The molecule has 10 heteroatoms. The van der Waals surface area contributed by atoms with Crippen molar-refractivity contribution in [3.8, 4) is 5.75 Å². The molecule has 0 spiro atoms. The lowest BCUT2D eigenvalue weighted by atomic mass is 10.1. The second-order valence-corrected chi connectivity index (χ2v) is 9.78. The van der Waals surface area contributed by atoms with E-state index >= 15 is 0 Å². The minimum Gasteiger partial charge on any atom is -0.481 e. The molecule has 1 atom stereocenters. The van der Waals surface area contributed by atoms with Gasteiger partial charge in [0.25, 0.3) is 5.91 Å². The molecule has 0 aliphatic rings. The van der Waals surface area contributed by atoms with Crippen molar-refractivity contribution in [3.05, 3.63) is 35.3 Å². The number of rotatable bonds is 12. The van der Waals surface area contributed by atoms with Crippen LogP contribution in [-0.2, 0) is 25.8 Å². The molecule has 2 N–H and O–H groups in total. The number of carbonyl (C=O) groups is 2. The zero-order chi connectivity index (χ0) is 22.1. The molecule has 1 aromatic carbocycles. The third-order valence-electron chi connectivity index (χ3n) is 4.26. The number of unbranched alkanes of at least 4 members (excludes halogenated alkanes) is 3. The van der Waals surface area contributed by atoms with Gasteiger partial charge in [-0.1, -0.05) is 26.2 Å². The Hall–Kier alpha value is -2.46. The first-order valence-corrected chi connectivity index (χ1v) is 12.4. The first-order chi connectivity index (χ1) is 14.2. The van der Waals surface area contributed by atoms with Crippen LogP contribution in [0.25, 0.3) is 0 Å². The molecule has 164 valence electrons. The first kappa shape index (κ1) is 23.8. The van der Waals surface area contributed by atoms with Crippen molar-refractivity contribution < 1.29 is 27.9 Å². The van der Waals surface area contributed by atoms with E-state index in [2.05, 4.69) is 17.2 Å². The zero-order valence-electron chi connectivity index (χ0n) is 17.0. The summed E-state index contributed by atoms with van der Waals surface area (Å²) < 4.78 is 29.0. The van der Waals surface area contributed by atoms with Gasteiger partial charge in [-0.15, -0.1) is 11.3 Å². The lowest BCUT2D eigenvalue weighted by molar-refractivity contribution is -0.136. The summed E-state index contributed by atoms with van der Waals surface area (Å²) in [5, 5.41) is 13.4. The van der Waals surface area contributed by atoms with Gasteiger partial charge in [-0.2, -0.15) is 0 Å². The summed E-state index contributed by atoms with van der Waals surface area (Å²) in [6.07, 6.45) is 4.52. The van der Waals surface area contributed by atoms with Crippen LogP contribution in [0.3, 0.4) is 0 Å². The Balaban J connectivity index is 2.08. The van der Waals surface area contributed by atoms with Crippen LogP contribution >= 0.6 is 11.3 Å². The topological polar surface area (TPSA) is 123 Å². The summed E-state index contributed by atoms with van der Waals surface area (Å²) in [6, 6.07) is 5.93. The van der Waals surface area contributed by atoms with Crippen LogP contribution in [-0.4, -0.2) is 42.7 Å². The molecule has 2 aromatic rings.